The number of hydrogen-bond acceptors (Lipinski definition) is 5. The van der Waals surface area contributed by atoms with Gasteiger partial charge in [0.2, 0.25) is 5.95 Å². The molecule has 0 amide bonds. The van der Waals surface area contributed by atoms with Gasteiger partial charge in [0, 0.05) is 25.0 Å². The summed E-state index contributed by atoms with van der Waals surface area (Å²) in [5, 5.41) is 2.88. The van der Waals surface area contributed by atoms with Crippen molar-refractivity contribution >= 4 is 17.0 Å². The Morgan fingerprint density at radius 3 is 2.65 bits per heavy atom. The summed E-state index contributed by atoms with van der Waals surface area (Å²) >= 11 is 0. The van der Waals surface area contributed by atoms with E-state index in [-0.39, 0.29) is 0 Å². The molecular formula is C12H10N4O. The minimum absolute atomic E-state index is 0.606. The molecule has 0 aliphatic carbocycles. The first-order valence-electron chi connectivity index (χ1n) is 5.20. The number of rotatable bonds is 2. The predicted octanol–water partition coefficient (Wildman–Crippen LogP) is 2.33. The van der Waals surface area contributed by atoms with Crippen molar-refractivity contribution in [3.05, 3.63) is 37.0 Å². The summed E-state index contributed by atoms with van der Waals surface area (Å²) < 4.78 is 5.26. The van der Waals surface area contributed by atoms with Gasteiger partial charge in [-0.15, -0.1) is 0 Å². The zero-order valence-electron chi connectivity index (χ0n) is 9.21. The minimum atomic E-state index is 0.606. The fourth-order valence-electron chi connectivity index (χ4n) is 1.64. The van der Waals surface area contributed by atoms with Crippen LogP contribution in [-0.4, -0.2) is 22.0 Å². The van der Waals surface area contributed by atoms with E-state index in [1.807, 2.05) is 18.2 Å². The molecule has 3 aromatic rings. The van der Waals surface area contributed by atoms with E-state index >= 15 is 0 Å². The maximum Gasteiger partial charge on any atom is 0.222 e. The van der Waals surface area contributed by atoms with E-state index in [4.69, 9.17) is 4.42 Å². The molecule has 5 heteroatoms. The Labute approximate surface area is 97.5 Å². The first-order valence-corrected chi connectivity index (χ1v) is 5.20. The summed E-state index contributed by atoms with van der Waals surface area (Å²) in [5.74, 6) is 0.606. The van der Waals surface area contributed by atoms with Crippen LogP contribution in [0.5, 0.6) is 0 Å². The average molecular weight is 226 g/mol. The summed E-state index contributed by atoms with van der Waals surface area (Å²) in [6, 6.07) is 5.82. The van der Waals surface area contributed by atoms with Crippen molar-refractivity contribution in [2.45, 2.75) is 0 Å². The molecule has 17 heavy (non-hydrogen) atoms. The van der Waals surface area contributed by atoms with Crippen LogP contribution in [0.15, 0.2) is 41.4 Å². The smallest absolute Gasteiger partial charge is 0.222 e. The van der Waals surface area contributed by atoms with Crippen molar-refractivity contribution in [1.29, 1.82) is 0 Å². The second-order valence-electron chi connectivity index (χ2n) is 3.58. The van der Waals surface area contributed by atoms with Crippen LogP contribution in [0.3, 0.4) is 0 Å². The van der Waals surface area contributed by atoms with E-state index in [0.29, 0.717) is 5.95 Å². The molecule has 0 radical (unpaired) electrons. The molecule has 84 valence electrons. The molecule has 1 aromatic carbocycles. The lowest BCUT2D eigenvalue weighted by atomic mass is 10.1. The monoisotopic (exact) mass is 226 g/mol. The standard InChI is InChI=1S/C12H10N4O/c1-13-12-14-5-9(6-15-12)8-2-3-10-11(4-8)17-7-16-10/h2-7H,1H3,(H,13,14,15). The first kappa shape index (κ1) is 9.77. The van der Waals surface area contributed by atoms with Gasteiger partial charge in [0.1, 0.15) is 5.52 Å². The maximum absolute atomic E-state index is 5.26. The highest BCUT2D eigenvalue weighted by atomic mass is 16.3. The van der Waals surface area contributed by atoms with Crippen molar-refractivity contribution in [2.24, 2.45) is 0 Å². The molecule has 1 N–H and O–H groups in total. The van der Waals surface area contributed by atoms with E-state index in [1.165, 1.54) is 6.39 Å². The highest BCUT2D eigenvalue weighted by molar-refractivity contribution is 5.79. The number of benzene rings is 1. The molecule has 0 spiro atoms. The Hall–Kier alpha value is -2.43. The van der Waals surface area contributed by atoms with Gasteiger partial charge in [-0.1, -0.05) is 6.07 Å². The normalized spacial score (nSPS) is 10.6. The zero-order valence-corrected chi connectivity index (χ0v) is 9.21. The number of nitrogens with one attached hydrogen (secondary N) is 1. The van der Waals surface area contributed by atoms with Crippen molar-refractivity contribution < 1.29 is 4.42 Å². The van der Waals surface area contributed by atoms with Gasteiger partial charge in [-0.3, -0.25) is 0 Å². The van der Waals surface area contributed by atoms with Crippen LogP contribution in [0.1, 0.15) is 0 Å². The second kappa shape index (κ2) is 3.86. The Bertz CT molecular complexity index is 645. The van der Waals surface area contributed by atoms with Crippen molar-refractivity contribution in [1.82, 2.24) is 15.0 Å². The van der Waals surface area contributed by atoms with Gasteiger partial charge in [0.15, 0.2) is 12.0 Å². The number of oxazole rings is 1. The van der Waals surface area contributed by atoms with E-state index in [9.17, 15) is 0 Å². The number of anilines is 1. The molecule has 0 unspecified atom stereocenters. The number of aromatic nitrogens is 3. The molecule has 2 aromatic heterocycles. The van der Waals surface area contributed by atoms with Crippen molar-refractivity contribution in [3.63, 3.8) is 0 Å². The summed E-state index contributed by atoms with van der Waals surface area (Å²) in [6.07, 6.45) is 4.99. The average Bonchev–Trinajstić information content (AvgIpc) is 2.86. The largest absolute Gasteiger partial charge is 0.443 e. The van der Waals surface area contributed by atoms with Crippen LogP contribution < -0.4 is 5.32 Å². The fraction of sp³-hybridized carbons (Fsp3) is 0.0833. The van der Waals surface area contributed by atoms with E-state index < -0.39 is 0 Å². The van der Waals surface area contributed by atoms with Gasteiger partial charge >= 0.3 is 0 Å². The van der Waals surface area contributed by atoms with Crippen molar-refractivity contribution in [3.8, 4) is 11.1 Å². The lowest BCUT2D eigenvalue weighted by Gasteiger charge is -2.01. The molecule has 2 heterocycles. The molecule has 0 saturated heterocycles. The van der Waals surface area contributed by atoms with Crippen LogP contribution in [-0.2, 0) is 0 Å². The van der Waals surface area contributed by atoms with Crippen molar-refractivity contribution in [2.75, 3.05) is 12.4 Å². The van der Waals surface area contributed by atoms with E-state index in [1.54, 1.807) is 19.4 Å². The molecule has 5 nitrogen and oxygen atoms in total. The molecule has 0 aliphatic rings. The molecule has 3 rings (SSSR count). The van der Waals surface area contributed by atoms with Crippen LogP contribution in [0.4, 0.5) is 5.95 Å². The van der Waals surface area contributed by atoms with Gasteiger partial charge < -0.3 is 9.73 Å². The summed E-state index contributed by atoms with van der Waals surface area (Å²) in [5.41, 5.74) is 3.57. The third kappa shape index (κ3) is 1.71. The number of fused-ring (bicyclic) bond motifs is 1. The third-order valence-corrected chi connectivity index (χ3v) is 2.54. The van der Waals surface area contributed by atoms with Gasteiger partial charge in [0.25, 0.3) is 0 Å². The Balaban J connectivity index is 2.06. The second-order valence-corrected chi connectivity index (χ2v) is 3.58. The molecular weight excluding hydrogens is 216 g/mol. The van der Waals surface area contributed by atoms with Crippen LogP contribution in [0.25, 0.3) is 22.2 Å². The minimum Gasteiger partial charge on any atom is -0.443 e. The first-order chi connectivity index (χ1) is 8.36. The molecule has 0 fully saturated rings. The van der Waals surface area contributed by atoms with E-state index in [0.717, 1.165) is 22.2 Å². The Morgan fingerprint density at radius 1 is 1.06 bits per heavy atom. The Kier molecular flexibility index (Phi) is 2.22. The Morgan fingerprint density at radius 2 is 1.88 bits per heavy atom. The molecule has 0 bridgehead atoms. The predicted molar refractivity (Wildman–Crippen MR) is 64.6 cm³/mol. The van der Waals surface area contributed by atoms with Gasteiger partial charge in [-0.2, -0.15) is 0 Å². The zero-order chi connectivity index (χ0) is 11.7. The van der Waals surface area contributed by atoms with Crippen LogP contribution >= 0.6 is 0 Å². The fourth-order valence-corrected chi connectivity index (χ4v) is 1.64. The third-order valence-electron chi connectivity index (χ3n) is 2.54. The summed E-state index contributed by atoms with van der Waals surface area (Å²) in [4.78, 5) is 12.4. The maximum atomic E-state index is 5.26. The molecule has 0 saturated carbocycles. The van der Waals surface area contributed by atoms with Crippen LogP contribution in [0, 0.1) is 0 Å². The quantitative estimate of drug-likeness (QED) is 0.726. The highest BCUT2D eigenvalue weighted by Gasteiger charge is 2.03. The SMILES string of the molecule is CNc1ncc(-c2ccc3ncoc3c2)cn1. The lowest BCUT2D eigenvalue weighted by Crippen LogP contribution is -1.95. The molecule has 0 aliphatic heterocycles. The van der Waals surface area contributed by atoms with E-state index in [2.05, 4.69) is 20.3 Å². The summed E-state index contributed by atoms with van der Waals surface area (Å²) in [6.45, 7) is 0. The lowest BCUT2D eigenvalue weighted by molar-refractivity contribution is 0.602. The topological polar surface area (TPSA) is 63.8 Å². The van der Waals surface area contributed by atoms with Crippen LogP contribution in [0.2, 0.25) is 0 Å². The van der Waals surface area contributed by atoms with Gasteiger partial charge in [-0.25, -0.2) is 15.0 Å². The number of nitrogens with zero attached hydrogens (tertiary/aromatic N) is 3. The number of hydrogen-bond donors (Lipinski definition) is 1. The van der Waals surface area contributed by atoms with Gasteiger partial charge in [0.05, 0.1) is 0 Å². The molecule has 0 atom stereocenters. The summed E-state index contributed by atoms with van der Waals surface area (Å²) in [7, 11) is 1.79. The highest BCUT2D eigenvalue weighted by Crippen LogP contribution is 2.22. The van der Waals surface area contributed by atoms with Gasteiger partial charge in [-0.05, 0) is 17.7 Å².